The van der Waals surface area contributed by atoms with Gasteiger partial charge in [0.05, 0.1) is 0 Å². The number of likely N-dealkylation sites (tertiary alicyclic amines) is 1. The van der Waals surface area contributed by atoms with Gasteiger partial charge in [-0.1, -0.05) is 24.6 Å². The highest BCUT2D eigenvalue weighted by molar-refractivity contribution is 6.30. The van der Waals surface area contributed by atoms with E-state index in [2.05, 4.69) is 36.3 Å². The van der Waals surface area contributed by atoms with Crippen LogP contribution >= 0.6 is 11.6 Å². The van der Waals surface area contributed by atoms with E-state index in [1.807, 2.05) is 6.07 Å². The molecule has 1 atom stereocenters. The summed E-state index contributed by atoms with van der Waals surface area (Å²) in [6, 6.07) is 6.94. The minimum absolute atomic E-state index is 0.471. The van der Waals surface area contributed by atoms with Crippen LogP contribution in [-0.2, 0) is 12.8 Å². The second-order valence-corrected chi connectivity index (χ2v) is 7.45. The molecule has 1 aliphatic heterocycles. The minimum Gasteiger partial charge on any atom is -0.313 e. The molecule has 1 aromatic rings. The first kappa shape index (κ1) is 14.4. The summed E-state index contributed by atoms with van der Waals surface area (Å²) in [5.41, 5.74) is 3.38. The summed E-state index contributed by atoms with van der Waals surface area (Å²) >= 11 is 6.08. The van der Waals surface area contributed by atoms with Gasteiger partial charge in [0.15, 0.2) is 0 Å². The number of piperidine rings is 1. The molecule has 0 aromatic heterocycles. The smallest absolute Gasteiger partial charge is 0.0408 e. The molecule has 1 aliphatic carbocycles. The number of nitrogens with one attached hydrogen (secondary N) is 1. The summed E-state index contributed by atoms with van der Waals surface area (Å²) < 4.78 is 0. The van der Waals surface area contributed by atoms with E-state index in [1.165, 1.54) is 37.1 Å². The highest BCUT2D eigenvalue weighted by Gasteiger charge is 2.30. The van der Waals surface area contributed by atoms with Crippen LogP contribution in [0.5, 0.6) is 0 Å². The molecule has 0 radical (unpaired) electrons. The zero-order valence-electron chi connectivity index (χ0n) is 12.6. The number of halogens is 1. The Morgan fingerprint density at radius 2 is 1.95 bits per heavy atom. The summed E-state index contributed by atoms with van der Waals surface area (Å²) in [7, 11) is 2.23. The highest BCUT2D eigenvalue weighted by Crippen LogP contribution is 2.31. The zero-order chi connectivity index (χ0) is 14.2. The SMILES string of the molecule is CN1CCC(C)(CNC2Cc3ccc(Cl)cc3C2)CC1. The van der Waals surface area contributed by atoms with Crippen LogP contribution in [0, 0.1) is 5.41 Å². The van der Waals surface area contributed by atoms with Crippen molar-refractivity contribution < 1.29 is 0 Å². The lowest BCUT2D eigenvalue weighted by molar-refractivity contribution is 0.133. The number of hydrogen-bond donors (Lipinski definition) is 1. The fourth-order valence-electron chi connectivity index (χ4n) is 3.46. The first-order chi connectivity index (χ1) is 9.54. The number of nitrogens with zero attached hydrogens (tertiary/aromatic N) is 1. The Morgan fingerprint density at radius 1 is 1.25 bits per heavy atom. The van der Waals surface area contributed by atoms with Gasteiger partial charge in [-0.05, 0) is 74.5 Å². The minimum atomic E-state index is 0.471. The standard InChI is InChI=1S/C17H25ClN2/c1-17(5-7-20(2)8-6-17)12-19-16-10-13-3-4-15(18)9-14(13)11-16/h3-4,9,16,19H,5-8,10-12H2,1-2H3. The van der Waals surface area contributed by atoms with E-state index in [4.69, 9.17) is 11.6 Å². The number of benzene rings is 1. The Hall–Kier alpha value is -0.570. The molecule has 0 spiro atoms. The highest BCUT2D eigenvalue weighted by atomic mass is 35.5. The second-order valence-electron chi connectivity index (χ2n) is 7.01. The predicted octanol–water partition coefficient (Wildman–Crippen LogP) is 3.13. The van der Waals surface area contributed by atoms with Crippen LogP contribution in [0.4, 0.5) is 0 Å². The maximum absolute atomic E-state index is 6.08. The van der Waals surface area contributed by atoms with Gasteiger partial charge in [0.25, 0.3) is 0 Å². The monoisotopic (exact) mass is 292 g/mol. The summed E-state index contributed by atoms with van der Waals surface area (Å²) in [5, 5.41) is 4.68. The normalized spacial score (nSPS) is 25.6. The fraction of sp³-hybridized carbons (Fsp3) is 0.647. The maximum Gasteiger partial charge on any atom is 0.0408 e. The van der Waals surface area contributed by atoms with E-state index < -0.39 is 0 Å². The summed E-state index contributed by atoms with van der Waals surface area (Å²) in [6.45, 7) is 6.05. The van der Waals surface area contributed by atoms with Crippen LogP contribution in [-0.4, -0.2) is 37.6 Å². The van der Waals surface area contributed by atoms with Crippen LogP contribution in [0.25, 0.3) is 0 Å². The fourth-order valence-corrected chi connectivity index (χ4v) is 3.65. The summed E-state index contributed by atoms with van der Waals surface area (Å²) in [5.74, 6) is 0. The molecule has 1 fully saturated rings. The molecule has 1 unspecified atom stereocenters. The molecule has 2 aliphatic rings. The van der Waals surface area contributed by atoms with Crippen molar-refractivity contribution in [3.63, 3.8) is 0 Å². The average molecular weight is 293 g/mol. The van der Waals surface area contributed by atoms with Crippen LogP contribution < -0.4 is 5.32 Å². The molecule has 110 valence electrons. The van der Waals surface area contributed by atoms with Crippen LogP contribution in [0.3, 0.4) is 0 Å². The van der Waals surface area contributed by atoms with Crippen LogP contribution in [0.15, 0.2) is 18.2 Å². The van der Waals surface area contributed by atoms with Crippen molar-refractivity contribution in [3.05, 3.63) is 34.3 Å². The van der Waals surface area contributed by atoms with E-state index in [9.17, 15) is 0 Å². The molecule has 1 heterocycles. The van der Waals surface area contributed by atoms with Gasteiger partial charge in [-0.2, -0.15) is 0 Å². The van der Waals surface area contributed by atoms with Gasteiger partial charge in [-0.15, -0.1) is 0 Å². The quantitative estimate of drug-likeness (QED) is 0.921. The Balaban J connectivity index is 1.53. The van der Waals surface area contributed by atoms with Gasteiger partial charge in [-0.3, -0.25) is 0 Å². The second kappa shape index (κ2) is 5.67. The van der Waals surface area contributed by atoms with Crippen molar-refractivity contribution in [2.75, 3.05) is 26.7 Å². The molecule has 0 amide bonds. The molecule has 0 bridgehead atoms. The maximum atomic E-state index is 6.08. The first-order valence-corrected chi connectivity index (χ1v) is 8.11. The molecule has 2 nitrogen and oxygen atoms in total. The third-order valence-corrected chi connectivity index (χ3v) is 5.35. The summed E-state index contributed by atoms with van der Waals surface area (Å²) in [4.78, 5) is 2.44. The third-order valence-electron chi connectivity index (χ3n) is 5.11. The topological polar surface area (TPSA) is 15.3 Å². The largest absolute Gasteiger partial charge is 0.313 e. The van der Waals surface area contributed by atoms with Gasteiger partial charge in [0.1, 0.15) is 0 Å². The van der Waals surface area contributed by atoms with E-state index >= 15 is 0 Å². The molecular formula is C17H25ClN2. The average Bonchev–Trinajstić information content (AvgIpc) is 2.82. The Kier molecular flexibility index (Phi) is 4.07. The van der Waals surface area contributed by atoms with Gasteiger partial charge in [0.2, 0.25) is 0 Å². The van der Waals surface area contributed by atoms with Gasteiger partial charge >= 0.3 is 0 Å². The predicted molar refractivity (Wildman–Crippen MR) is 85.5 cm³/mol. The lowest BCUT2D eigenvalue weighted by atomic mass is 9.80. The summed E-state index contributed by atoms with van der Waals surface area (Å²) in [6.07, 6.45) is 4.90. The third kappa shape index (κ3) is 3.19. The molecular weight excluding hydrogens is 268 g/mol. The van der Waals surface area contributed by atoms with Crippen molar-refractivity contribution in [2.24, 2.45) is 5.41 Å². The molecule has 3 rings (SSSR count). The van der Waals surface area contributed by atoms with E-state index in [0.29, 0.717) is 11.5 Å². The van der Waals surface area contributed by atoms with Crippen molar-refractivity contribution >= 4 is 11.6 Å². The van der Waals surface area contributed by atoms with Gasteiger partial charge in [-0.25, -0.2) is 0 Å². The molecule has 1 N–H and O–H groups in total. The number of fused-ring (bicyclic) bond motifs is 1. The Bertz CT molecular complexity index is 478. The molecule has 20 heavy (non-hydrogen) atoms. The number of rotatable bonds is 3. The molecule has 1 saturated heterocycles. The van der Waals surface area contributed by atoms with Crippen molar-refractivity contribution in [3.8, 4) is 0 Å². The van der Waals surface area contributed by atoms with Gasteiger partial charge in [0, 0.05) is 17.6 Å². The Labute approximate surface area is 127 Å². The zero-order valence-corrected chi connectivity index (χ0v) is 13.3. The Morgan fingerprint density at radius 3 is 2.70 bits per heavy atom. The van der Waals surface area contributed by atoms with E-state index in [0.717, 1.165) is 24.4 Å². The van der Waals surface area contributed by atoms with Gasteiger partial charge < -0.3 is 10.2 Å². The van der Waals surface area contributed by atoms with E-state index in [1.54, 1.807) is 0 Å². The van der Waals surface area contributed by atoms with Crippen LogP contribution in [0.2, 0.25) is 5.02 Å². The number of hydrogen-bond acceptors (Lipinski definition) is 2. The first-order valence-electron chi connectivity index (χ1n) is 7.73. The molecule has 3 heteroatoms. The van der Waals surface area contributed by atoms with Crippen molar-refractivity contribution in [1.82, 2.24) is 10.2 Å². The lowest BCUT2D eigenvalue weighted by Gasteiger charge is -2.38. The van der Waals surface area contributed by atoms with Crippen molar-refractivity contribution in [2.45, 2.75) is 38.6 Å². The van der Waals surface area contributed by atoms with Crippen molar-refractivity contribution in [1.29, 1.82) is 0 Å². The molecule has 1 aromatic carbocycles. The van der Waals surface area contributed by atoms with E-state index in [-0.39, 0.29) is 0 Å². The lowest BCUT2D eigenvalue weighted by Crippen LogP contribution is -2.44. The van der Waals surface area contributed by atoms with Crippen LogP contribution in [0.1, 0.15) is 30.9 Å². The molecule has 0 saturated carbocycles.